The van der Waals surface area contributed by atoms with Crippen molar-refractivity contribution in [3.63, 3.8) is 0 Å². The fourth-order valence-electron chi connectivity index (χ4n) is 4.28. The maximum atomic E-state index is 13.3. The van der Waals surface area contributed by atoms with Crippen LogP contribution in [0.15, 0.2) is 38.6 Å². The van der Waals surface area contributed by atoms with Gasteiger partial charge in [0.1, 0.15) is 17.4 Å². The van der Waals surface area contributed by atoms with Crippen molar-refractivity contribution in [2.45, 2.75) is 58.4 Å². The molecule has 10 nitrogen and oxygen atoms in total. The second-order valence-electron chi connectivity index (χ2n) is 8.48. The van der Waals surface area contributed by atoms with Crippen LogP contribution in [0.4, 0.5) is 5.82 Å². The zero-order chi connectivity index (χ0) is 24.4. The molecule has 0 amide bonds. The summed E-state index contributed by atoms with van der Waals surface area (Å²) in [6.45, 7) is 2.91. The Balaban J connectivity index is 1.35. The van der Waals surface area contributed by atoms with E-state index in [9.17, 15) is 4.79 Å². The number of unbranched alkanes of at least 4 members (excludes halogenated alkanes) is 2. The van der Waals surface area contributed by atoms with E-state index in [0.29, 0.717) is 60.4 Å². The Labute approximate surface area is 210 Å². The van der Waals surface area contributed by atoms with Crippen molar-refractivity contribution in [3.8, 4) is 17.1 Å². The Hall–Kier alpha value is -3.34. The minimum absolute atomic E-state index is 0.0990. The Bertz CT molecular complexity index is 1450. The lowest BCUT2D eigenvalue weighted by atomic mass is 10.2. The van der Waals surface area contributed by atoms with Crippen LogP contribution in [-0.4, -0.2) is 41.0 Å². The first-order chi connectivity index (χ1) is 17.1. The van der Waals surface area contributed by atoms with Gasteiger partial charge in [-0.3, -0.25) is 9.36 Å². The van der Waals surface area contributed by atoms with Crippen LogP contribution in [0.1, 0.15) is 49.9 Å². The molecule has 0 atom stereocenters. The fourth-order valence-corrected chi connectivity index (χ4v) is 4.73. The van der Waals surface area contributed by atoms with Gasteiger partial charge in [0.05, 0.1) is 17.3 Å². The number of benzene rings is 1. The van der Waals surface area contributed by atoms with Crippen LogP contribution in [0.3, 0.4) is 0 Å². The topological polar surface area (TPSA) is 113 Å². The maximum Gasteiger partial charge on any atom is 0.266 e. The highest BCUT2D eigenvalue weighted by atomic mass is 79.9. The summed E-state index contributed by atoms with van der Waals surface area (Å²) >= 11 is 3.47. The summed E-state index contributed by atoms with van der Waals surface area (Å²) in [6, 6.07) is 7.52. The zero-order valence-electron chi connectivity index (χ0n) is 19.7. The monoisotopic (exact) mass is 539 g/mol. The Morgan fingerprint density at radius 3 is 2.89 bits per heavy atom. The van der Waals surface area contributed by atoms with E-state index >= 15 is 0 Å². The molecule has 11 heteroatoms. The standard InChI is InChI=1S/C24H26BrN7O3/c1-3-4-5-12-31-22-17(14-18(25)26-22)23(33)32-19(28-29-24(31)32)10-7-11-20-27-21(30-35-20)15-8-6-9-16(13-15)34-2/h6,8-9,13H,3-5,7,10-12,14H2,1-2H3. The average molecular weight is 540 g/mol. The molecule has 1 aromatic carbocycles. The minimum atomic E-state index is -0.0990. The number of nitrogens with zero attached hydrogens (tertiary/aromatic N) is 7. The van der Waals surface area contributed by atoms with Gasteiger partial charge in [-0.05, 0) is 40.9 Å². The predicted octanol–water partition coefficient (Wildman–Crippen LogP) is 4.30. The molecular formula is C24H26BrN7O3. The van der Waals surface area contributed by atoms with Crippen molar-refractivity contribution in [2.24, 2.45) is 4.99 Å². The number of aromatic nitrogens is 6. The van der Waals surface area contributed by atoms with Crippen LogP contribution < -0.4 is 10.3 Å². The summed E-state index contributed by atoms with van der Waals surface area (Å²) < 4.78 is 15.1. The molecule has 0 saturated heterocycles. The maximum absolute atomic E-state index is 13.3. The smallest absolute Gasteiger partial charge is 0.266 e. The lowest BCUT2D eigenvalue weighted by Crippen LogP contribution is -2.23. The third-order valence-electron chi connectivity index (χ3n) is 6.06. The summed E-state index contributed by atoms with van der Waals surface area (Å²) in [4.78, 5) is 22.4. The molecule has 0 radical (unpaired) electrons. The van der Waals surface area contributed by atoms with Crippen molar-refractivity contribution < 1.29 is 9.26 Å². The van der Waals surface area contributed by atoms with Gasteiger partial charge in [-0.2, -0.15) is 4.98 Å². The SMILES string of the molecule is CCCCCn1c2c(c(=O)n3c(CCCc4nc(-c5cccc(OC)c5)no4)nnc13)CC(Br)=N2. The largest absolute Gasteiger partial charge is 0.497 e. The molecule has 35 heavy (non-hydrogen) atoms. The van der Waals surface area contributed by atoms with E-state index in [4.69, 9.17) is 9.26 Å². The van der Waals surface area contributed by atoms with Crippen LogP contribution >= 0.6 is 15.9 Å². The lowest BCUT2D eigenvalue weighted by Gasteiger charge is -2.12. The molecule has 0 saturated carbocycles. The summed E-state index contributed by atoms with van der Waals surface area (Å²) in [5.41, 5.74) is 1.41. The van der Waals surface area contributed by atoms with E-state index < -0.39 is 0 Å². The van der Waals surface area contributed by atoms with Gasteiger partial charge in [-0.15, -0.1) is 10.2 Å². The molecule has 5 rings (SSSR count). The molecule has 1 aliphatic heterocycles. The number of aliphatic imine (C=N–C) groups is 1. The summed E-state index contributed by atoms with van der Waals surface area (Å²) in [6.07, 6.45) is 5.50. The number of halogens is 1. The fraction of sp³-hybridized carbons (Fsp3) is 0.417. The predicted molar refractivity (Wildman–Crippen MR) is 135 cm³/mol. The van der Waals surface area contributed by atoms with Gasteiger partial charge in [-0.25, -0.2) is 9.39 Å². The molecule has 0 N–H and O–H groups in total. The minimum Gasteiger partial charge on any atom is -0.497 e. The number of hydrogen-bond acceptors (Lipinski definition) is 8. The van der Waals surface area contributed by atoms with Crippen LogP contribution in [0.2, 0.25) is 0 Å². The van der Waals surface area contributed by atoms with Gasteiger partial charge in [0.15, 0.2) is 0 Å². The van der Waals surface area contributed by atoms with Crippen LogP contribution in [0, 0.1) is 0 Å². The quantitative estimate of drug-likeness (QED) is 0.276. The molecule has 4 aromatic rings. The van der Waals surface area contributed by atoms with Gasteiger partial charge in [0.25, 0.3) is 5.56 Å². The number of fused-ring (bicyclic) bond motifs is 2. The first-order valence-electron chi connectivity index (χ1n) is 11.8. The van der Waals surface area contributed by atoms with E-state index in [1.54, 1.807) is 11.5 Å². The normalized spacial score (nSPS) is 12.8. The number of hydrogen-bond donors (Lipinski definition) is 0. The molecule has 182 valence electrons. The third-order valence-corrected chi connectivity index (χ3v) is 6.52. The van der Waals surface area contributed by atoms with Crippen molar-refractivity contribution in [2.75, 3.05) is 7.11 Å². The molecular weight excluding hydrogens is 514 g/mol. The second-order valence-corrected chi connectivity index (χ2v) is 9.40. The number of methoxy groups -OCH3 is 1. The molecule has 0 spiro atoms. The number of rotatable bonds is 10. The molecule has 0 bridgehead atoms. The van der Waals surface area contributed by atoms with Crippen molar-refractivity contribution in [1.29, 1.82) is 0 Å². The van der Waals surface area contributed by atoms with Gasteiger partial charge in [-0.1, -0.05) is 37.1 Å². The highest BCUT2D eigenvalue weighted by Gasteiger charge is 2.25. The Kier molecular flexibility index (Phi) is 6.76. The Morgan fingerprint density at radius 1 is 1.17 bits per heavy atom. The van der Waals surface area contributed by atoms with Crippen molar-refractivity contribution in [3.05, 3.63) is 51.9 Å². The molecule has 0 aliphatic carbocycles. The highest BCUT2D eigenvalue weighted by molar-refractivity contribution is 9.18. The Morgan fingerprint density at radius 2 is 2.06 bits per heavy atom. The van der Waals surface area contributed by atoms with E-state index in [0.717, 1.165) is 41.7 Å². The molecule has 0 fully saturated rings. The molecule has 4 heterocycles. The third kappa shape index (κ3) is 4.64. The van der Waals surface area contributed by atoms with E-state index in [-0.39, 0.29) is 5.56 Å². The molecule has 1 aliphatic rings. The highest BCUT2D eigenvalue weighted by Crippen LogP contribution is 2.28. The second kappa shape index (κ2) is 10.1. The number of ether oxygens (including phenoxy) is 1. The van der Waals surface area contributed by atoms with Crippen molar-refractivity contribution in [1.82, 2.24) is 29.3 Å². The molecule has 0 unspecified atom stereocenters. The van der Waals surface area contributed by atoms with E-state index in [1.165, 1.54) is 0 Å². The van der Waals surface area contributed by atoms with Gasteiger partial charge in [0.2, 0.25) is 17.5 Å². The summed E-state index contributed by atoms with van der Waals surface area (Å²) in [7, 11) is 1.62. The summed E-state index contributed by atoms with van der Waals surface area (Å²) in [5.74, 6) is 3.66. The van der Waals surface area contributed by atoms with Crippen LogP contribution in [-0.2, 0) is 25.8 Å². The molecule has 3 aromatic heterocycles. The van der Waals surface area contributed by atoms with Crippen molar-refractivity contribution >= 4 is 32.1 Å². The van der Waals surface area contributed by atoms with Gasteiger partial charge in [0, 0.05) is 31.4 Å². The lowest BCUT2D eigenvalue weighted by molar-refractivity contribution is 0.375. The van der Waals surface area contributed by atoms with Crippen LogP contribution in [0.25, 0.3) is 17.2 Å². The average Bonchev–Trinajstić information content (AvgIpc) is 3.60. The number of aryl methyl sites for hydroxylation is 3. The van der Waals surface area contributed by atoms with E-state index in [1.807, 2.05) is 28.8 Å². The van der Waals surface area contributed by atoms with Gasteiger partial charge >= 0.3 is 0 Å². The van der Waals surface area contributed by atoms with Crippen LogP contribution in [0.5, 0.6) is 5.75 Å². The zero-order valence-corrected chi connectivity index (χ0v) is 21.3. The summed E-state index contributed by atoms with van der Waals surface area (Å²) in [5, 5.41) is 12.8. The first-order valence-corrected chi connectivity index (χ1v) is 12.6. The van der Waals surface area contributed by atoms with E-state index in [2.05, 4.69) is 48.2 Å². The first kappa shape index (κ1) is 23.4. The van der Waals surface area contributed by atoms with Gasteiger partial charge < -0.3 is 9.26 Å².